The number of aliphatic hydroxyl groups excluding tert-OH is 1. The van der Waals surface area contributed by atoms with E-state index in [4.69, 9.17) is 9.84 Å². The molecule has 0 bridgehead atoms. The number of aliphatic hydroxyl groups is 1. The van der Waals surface area contributed by atoms with E-state index in [1.165, 1.54) is 0 Å². The zero-order chi connectivity index (χ0) is 13.9. The van der Waals surface area contributed by atoms with E-state index < -0.39 is 0 Å². The molecule has 1 saturated carbocycles. The van der Waals surface area contributed by atoms with Gasteiger partial charge in [0.05, 0.1) is 6.61 Å². The van der Waals surface area contributed by atoms with Crippen LogP contribution < -0.4 is 10.1 Å². The van der Waals surface area contributed by atoms with Crippen molar-refractivity contribution in [1.29, 1.82) is 0 Å². The summed E-state index contributed by atoms with van der Waals surface area (Å²) >= 11 is 0. The van der Waals surface area contributed by atoms with Crippen LogP contribution >= 0.6 is 0 Å². The highest BCUT2D eigenvalue weighted by molar-refractivity contribution is 5.77. The van der Waals surface area contributed by atoms with Crippen LogP contribution in [0, 0.1) is 19.3 Å². The summed E-state index contributed by atoms with van der Waals surface area (Å²) < 4.78 is 5.57. The molecule has 0 aromatic heterocycles. The van der Waals surface area contributed by atoms with Crippen molar-refractivity contribution in [2.75, 3.05) is 19.8 Å². The number of rotatable bonds is 6. The molecule has 1 aromatic carbocycles. The minimum atomic E-state index is -0.137. The van der Waals surface area contributed by atoms with Gasteiger partial charge in [-0.25, -0.2) is 0 Å². The second-order valence-corrected chi connectivity index (χ2v) is 5.44. The summed E-state index contributed by atoms with van der Waals surface area (Å²) in [7, 11) is 0. The number of hydrogen-bond donors (Lipinski definition) is 2. The Morgan fingerprint density at radius 2 is 2.00 bits per heavy atom. The number of hydrogen-bond acceptors (Lipinski definition) is 3. The Morgan fingerprint density at radius 3 is 2.53 bits per heavy atom. The molecule has 104 valence electrons. The molecule has 1 aromatic rings. The maximum Gasteiger partial charge on any atom is 0.257 e. The maximum absolute atomic E-state index is 11.7. The number of benzene rings is 1. The van der Waals surface area contributed by atoms with Gasteiger partial charge >= 0.3 is 0 Å². The summed E-state index contributed by atoms with van der Waals surface area (Å²) in [6.07, 6.45) is 1.98. The first-order chi connectivity index (χ1) is 9.06. The molecule has 1 fully saturated rings. The van der Waals surface area contributed by atoms with E-state index in [9.17, 15) is 4.79 Å². The largest absolute Gasteiger partial charge is 0.483 e. The van der Waals surface area contributed by atoms with Crippen LogP contribution in [-0.4, -0.2) is 30.8 Å². The number of amides is 1. The van der Waals surface area contributed by atoms with Gasteiger partial charge in [-0.2, -0.15) is 0 Å². The second kappa shape index (κ2) is 5.61. The van der Waals surface area contributed by atoms with E-state index >= 15 is 0 Å². The van der Waals surface area contributed by atoms with Crippen LogP contribution in [0.1, 0.15) is 24.0 Å². The number of aryl methyl sites for hydroxylation is 2. The van der Waals surface area contributed by atoms with Crippen LogP contribution in [0.2, 0.25) is 0 Å². The lowest BCUT2D eigenvalue weighted by Crippen LogP contribution is -2.35. The summed E-state index contributed by atoms with van der Waals surface area (Å²) in [5.74, 6) is 0.642. The molecule has 4 heteroatoms. The number of ether oxygens (including phenoxy) is 1. The van der Waals surface area contributed by atoms with Crippen molar-refractivity contribution in [3.63, 3.8) is 0 Å². The van der Waals surface area contributed by atoms with E-state index in [1.807, 2.05) is 32.0 Å². The molecule has 0 spiro atoms. The molecule has 0 aliphatic heterocycles. The van der Waals surface area contributed by atoms with Crippen molar-refractivity contribution in [3.05, 3.63) is 29.3 Å². The van der Waals surface area contributed by atoms with Crippen molar-refractivity contribution < 1.29 is 14.6 Å². The Morgan fingerprint density at radius 1 is 1.37 bits per heavy atom. The van der Waals surface area contributed by atoms with Crippen LogP contribution in [0.15, 0.2) is 18.2 Å². The SMILES string of the molecule is Cc1cccc(C)c1OCC(=O)NCC1(CO)CC1. The Bertz CT molecular complexity index is 446. The predicted molar refractivity (Wildman–Crippen MR) is 73.2 cm³/mol. The molecule has 1 aliphatic rings. The lowest BCUT2D eigenvalue weighted by molar-refractivity contribution is -0.123. The quantitative estimate of drug-likeness (QED) is 0.819. The van der Waals surface area contributed by atoms with Crippen molar-refractivity contribution >= 4 is 5.91 Å². The van der Waals surface area contributed by atoms with E-state index in [2.05, 4.69) is 5.32 Å². The molecule has 0 radical (unpaired) electrons. The topological polar surface area (TPSA) is 58.6 Å². The zero-order valence-electron chi connectivity index (χ0n) is 11.5. The minimum Gasteiger partial charge on any atom is -0.483 e. The summed E-state index contributed by atoms with van der Waals surface area (Å²) in [4.78, 5) is 11.7. The molecule has 0 saturated heterocycles. The van der Waals surface area contributed by atoms with Crippen LogP contribution in [0.5, 0.6) is 5.75 Å². The van der Waals surface area contributed by atoms with Gasteiger partial charge in [0.15, 0.2) is 6.61 Å². The van der Waals surface area contributed by atoms with E-state index in [-0.39, 0.29) is 24.5 Å². The normalized spacial score (nSPS) is 15.9. The van der Waals surface area contributed by atoms with E-state index in [0.29, 0.717) is 6.54 Å². The fourth-order valence-electron chi connectivity index (χ4n) is 2.07. The average Bonchev–Trinajstić information content (AvgIpc) is 3.16. The summed E-state index contributed by atoms with van der Waals surface area (Å²) in [5.41, 5.74) is 2.00. The monoisotopic (exact) mass is 263 g/mol. The molecule has 0 atom stereocenters. The molecule has 0 heterocycles. The van der Waals surface area contributed by atoms with E-state index in [1.54, 1.807) is 0 Å². The van der Waals surface area contributed by atoms with Crippen LogP contribution in [0.25, 0.3) is 0 Å². The van der Waals surface area contributed by atoms with Gasteiger partial charge < -0.3 is 15.2 Å². The number of carbonyl (C=O) groups is 1. The third-order valence-electron chi connectivity index (χ3n) is 3.71. The third-order valence-corrected chi connectivity index (χ3v) is 3.71. The van der Waals surface area contributed by atoms with Crippen molar-refractivity contribution in [3.8, 4) is 5.75 Å². The van der Waals surface area contributed by atoms with Gasteiger partial charge in [0.25, 0.3) is 5.91 Å². The first kappa shape index (κ1) is 13.9. The predicted octanol–water partition coefficient (Wildman–Crippen LogP) is 1.57. The van der Waals surface area contributed by atoms with Gasteiger partial charge in [0.1, 0.15) is 5.75 Å². The lowest BCUT2D eigenvalue weighted by atomic mass is 10.1. The molecule has 4 nitrogen and oxygen atoms in total. The molecule has 0 unspecified atom stereocenters. The average molecular weight is 263 g/mol. The zero-order valence-corrected chi connectivity index (χ0v) is 11.5. The third kappa shape index (κ3) is 3.47. The van der Waals surface area contributed by atoms with Gasteiger partial charge in [-0.3, -0.25) is 4.79 Å². The Labute approximate surface area is 113 Å². The summed E-state index contributed by atoms with van der Waals surface area (Å²) in [5, 5.41) is 12.0. The Balaban J connectivity index is 1.80. The second-order valence-electron chi connectivity index (χ2n) is 5.44. The molecule has 1 aliphatic carbocycles. The van der Waals surface area contributed by atoms with Crippen LogP contribution in [-0.2, 0) is 4.79 Å². The fourth-order valence-corrected chi connectivity index (χ4v) is 2.07. The molecule has 2 N–H and O–H groups in total. The lowest BCUT2D eigenvalue weighted by Gasteiger charge is -2.14. The smallest absolute Gasteiger partial charge is 0.257 e. The highest BCUT2D eigenvalue weighted by atomic mass is 16.5. The molecule has 1 amide bonds. The van der Waals surface area contributed by atoms with Crippen LogP contribution in [0.4, 0.5) is 0 Å². The van der Waals surface area contributed by atoms with Gasteiger partial charge in [-0.15, -0.1) is 0 Å². The maximum atomic E-state index is 11.7. The first-order valence-electron chi connectivity index (χ1n) is 6.63. The van der Waals surface area contributed by atoms with Crippen molar-refractivity contribution in [2.24, 2.45) is 5.41 Å². The van der Waals surface area contributed by atoms with Crippen molar-refractivity contribution in [2.45, 2.75) is 26.7 Å². The number of nitrogens with one attached hydrogen (secondary N) is 1. The van der Waals surface area contributed by atoms with E-state index in [0.717, 1.165) is 29.7 Å². The molecule has 19 heavy (non-hydrogen) atoms. The highest BCUT2D eigenvalue weighted by Crippen LogP contribution is 2.44. The van der Waals surface area contributed by atoms with Gasteiger partial charge in [-0.05, 0) is 37.8 Å². The summed E-state index contributed by atoms with van der Waals surface area (Å²) in [6, 6.07) is 5.89. The standard InChI is InChI=1S/C15H21NO3/c1-11-4-3-5-12(2)14(11)19-8-13(18)16-9-15(10-17)6-7-15/h3-5,17H,6-10H2,1-2H3,(H,16,18). The van der Waals surface area contributed by atoms with Gasteiger partial charge in [0.2, 0.25) is 0 Å². The molecular weight excluding hydrogens is 242 g/mol. The fraction of sp³-hybridized carbons (Fsp3) is 0.533. The van der Waals surface area contributed by atoms with Crippen molar-refractivity contribution in [1.82, 2.24) is 5.32 Å². The first-order valence-corrected chi connectivity index (χ1v) is 6.63. The van der Waals surface area contributed by atoms with Gasteiger partial charge in [0, 0.05) is 12.0 Å². The van der Waals surface area contributed by atoms with Crippen LogP contribution in [0.3, 0.4) is 0 Å². The minimum absolute atomic E-state index is 0.0210. The number of carbonyl (C=O) groups excluding carboxylic acids is 1. The van der Waals surface area contributed by atoms with Gasteiger partial charge in [-0.1, -0.05) is 18.2 Å². The Kier molecular flexibility index (Phi) is 4.10. The number of para-hydroxylation sites is 1. The summed E-state index contributed by atoms with van der Waals surface area (Å²) in [6.45, 7) is 4.63. The molecular formula is C15H21NO3. The highest BCUT2D eigenvalue weighted by Gasteiger charge is 2.42. The Hall–Kier alpha value is -1.55. The molecule has 2 rings (SSSR count).